The van der Waals surface area contributed by atoms with Crippen LogP contribution >= 0.6 is 0 Å². The van der Waals surface area contributed by atoms with Crippen LogP contribution in [0, 0.1) is 12.3 Å². The van der Waals surface area contributed by atoms with Crippen molar-refractivity contribution in [3.8, 4) is 28.5 Å². The summed E-state index contributed by atoms with van der Waals surface area (Å²) in [5.41, 5.74) is 5.70. The van der Waals surface area contributed by atoms with Gasteiger partial charge in [-0.1, -0.05) is 24.8 Å². The lowest BCUT2D eigenvalue weighted by molar-refractivity contribution is -0.111. The zero-order valence-corrected chi connectivity index (χ0v) is 26.7. The van der Waals surface area contributed by atoms with E-state index in [1.54, 1.807) is 20.2 Å². The fourth-order valence-corrected chi connectivity index (χ4v) is 7.04. The molecular weight excluding hydrogens is 582 g/mol. The minimum absolute atomic E-state index is 0.301. The number of para-hydroxylation sites is 1. The van der Waals surface area contributed by atoms with Crippen LogP contribution < -0.4 is 20.3 Å². The van der Waals surface area contributed by atoms with E-state index in [0.29, 0.717) is 57.6 Å². The third-order valence-corrected chi connectivity index (χ3v) is 9.18. The smallest absolute Gasteiger partial charge is 0.251 e. The van der Waals surface area contributed by atoms with Crippen molar-refractivity contribution in [1.82, 2.24) is 29.6 Å². The first-order valence-electron chi connectivity index (χ1n) is 15.2. The second-order valence-electron chi connectivity index (χ2n) is 12.5. The molecule has 3 aromatic heterocycles. The Morgan fingerprint density at radius 2 is 1.93 bits per heavy atom. The number of aromatic nitrogens is 5. The number of anilines is 4. The second kappa shape index (κ2) is 11.3. The van der Waals surface area contributed by atoms with E-state index < -0.39 is 0 Å². The average Bonchev–Trinajstić information content (AvgIpc) is 3.60. The third kappa shape index (κ3) is 5.14. The largest absolute Gasteiger partial charge is 0.494 e. The third-order valence-electron chi connectivity index (χ3n) is 9.18. The van der Waals surface area contributed by atoms with Crippen molar-refractivity contribution >= 4 is 39.8 Å². The van der Waals surface area contributed by atoms with E-state index in [1.165, 1.54) is 6.08 Å². The first-order chi connectivity index (χ1) is 22.2. The molecule has 1 aliphatic heterocycles. The molecule has 1 amide bonds. The summed E-state index contributed by atoms with van der Waals surface area (Å²) in [5, 5.41) is 15.6. The Kier molecular flexibility index (Phi) is 7.23. The van der Waals surface area contributed by atoms with E-state index in [-0.39, 0.29) is 5.91 Å². The number of rotatable bonds is 9. The summed E-state index contributed by atoms with van der Waals surface area (Å²) < 4.78 is 13.7. The standard InChI is InChI=1S/C34H37N9O3/c1-7-30(44)36-25-12-26(29(45-6)13-28(25)43(5)21-14-34(15-21)18-41(3)19-34)37-33-35-16-23(32-40-39-20(2)46-32)31(38-33)24-17-42(4)27-11-9-8-10-22(24)27/h7-13,16-17,21H,1,14-15,18-19H2,2-6H3,(H,36,44)(H,35,37,38). The topological polar surface area (TPSA) is 126 Å². The van der Waals surface area contributed by atoms with Gasteiger partial charge in [0.05, 0.1) is 35.4 Å². The van der Waals surface area contributed by atoms with Gasteiger partial charge in [0.15, 0.2) is 0 Å². The number of hydrogen-bond donors (Lipinski definition) is 2. The number of nitrogens with one attached hydrogen (secondary N) is 2. The minimum Gasteiger partial charge on any atom is -0.494 e. The number of likely N-dealkylation sites (tertiary alicyclic amines) is 1. The molecule has 1 saturated carbocycles. The van der Waals surface area contributed by atoms with Crippen LogP contribution in [-0.2, 0) is 11.8 Å². The quantitative estimate of drug-likeness (QED) is 0.207. The van der Waals surface area contributed by atoms with Crippen LogP contribution in [-0.4, -0.2) is 75.9 Å². The van der Waals surface area contributed by atoms with Gasteiger partial charge in [0.2, 0.25) is 17.7 Å². The minimum atomic E-state index is -0.301. The molecule has 12 heteroatoms. The van der Waals surface area contributed by atoms with Gasteiger partial charge in [0.1, 0.15) is 5.75 Å². The molecule has 0 radical (unpaired) electrons. The van der Waals surface area contributed by atoms with Gasteiger partial charge >= 0.3 is 0 Å². The predicted molar refractivity (Wildman–Crippen MR) is 178 cm³/mol. The number of fused-ring (bicyclic) bond motifs is 1. The highest BCUT2D eigenvalue weighted by Gasteiger charge is 2.52. The molecule has 236 valence electrons. The number of amides is 1. The van der Waals surface area contributed by atoms with Gasteiger partial charge in [-0.05, 0) is 43.5 Å². The van der Waals surface area contributed by atoms with Crippen LogP contribution in [0.3, 0.4) is 0 Å². The van der Waals surface area contributed by atoms with Gasteiger partial charge in [0, 0.05) is 75.1 Å². The molecule has 0 unspecified atom stereocenters. The zero-order chi connectivity index (χ0) is 32.2. The molecule has 1 aliphatic carbocycles. The monoisotopic (exact) mass is 619 g/mol. The van der Waals surface area contributed by atoms with Crippen LogP contribution in [0.5, 0.6) is 5.75 Å². The summed E-state index contributed by atoms with van der Waals surface area (Å²) in [6, 6.07) is 12.3. The van der Waals surface area contributed by atoms with E-state index in [4.69, 9.17) is 14.1 Å². The van der Waals surface area contributed by atoms with Crippen LogP contribution in [0.4, 0.5) is 23.0 Å². The fraction of sp³-hybridized carbons (Fsp3) is 0.324. The highest BCUT2D eigenvalue weighted by atomic mass is 16.5. The van der Waals surface area contributed by atoms with Crippen molar-refractivity contribution in [2.24, 2.45) is 12.5 Å². The molecule has 46 heavy (non-hydrogen) atoms. The van der Waals surface area contributed by atoms with Crippen molar-refractivity contribution < 1.29 is 13.9 Å². The number of carbonyl (C=O) groups excluding carboxylic acids is 1. The number of benzene rings is 2. The molecule has 5 aromatic rings. The van der Waals surface area contributed by atoms with Crippen LogP contribution in [0.1, 0.15) is 18.7 Å². The molecule has 2 fully saturated rings. The van der Waals surface area contributed by atoms with Gasteiger partial charge in [-0.15, -0.1) is 10.2 Å². The molecule has 7 rings (SSSR count). The van der Waals surface area contributed by atoms with Gasteiger partial charge in [-0.3, -0.25) is 4.79 Å². The number of methoxy groups -OCH3 is 1. The molecule has 2 aliphatic rings. The van der Waals surface area contributed by atoms with Crippen molar-refractivity contribution in [3.63, 3.8) is 0 Å². The summed E-state index contributed by atoms with van der Waals surface area (Å²) in [7, 11) is 7.86. The van der Waals surface area contributed by atoms with Crippen molar-refractivity contribution in [2.45, 2.75) is 25.8 Å². The Labute approximate surface area is 267 Å². The Balaban J connectivity index is 1.27. The Morgan fingerprint density at radius 3 is 2.63 bits per heavy atom. The Bertz CT molecular complexity index is 1970. The molecule has 0 bridgehead atoms. The molecule has 12 nitrogen and oxygen atoms in total. The lowest BCUT2D eigenvalue weighted by atomic mass is 9.60. The second-order valence-corrected chi connectivity index (χ2v) is 12.5. The number of hydrogen-bond acceptors (Lipinski definition) is 10. The highest BCUT2D eigenvalue weighted by molar-refractivity contribution is 6.02. The predicted octanol–water partition coefficient (Wildman–Crippen LogP) is 5.40. The number of carbonyl (C=O) groups is 1. The molecule has 0 atom stereocenters. The SMILES string of the molecule is C=CC(=O)Nc1cc(Nc2ncc(-c3nnc(C)o3)c(-c3cn(C)c4ccccc34)n2)c(OC)cc1N(C)C1CC2(C1)CN(C)C2. The van der Waals surface area contributed by atoms with Crippen LogP contribution in [0.2, 0.25) is 0 Å². The van der Waals surface area contributed by atoms with Gasteiger partial charge < -0.3 is 34.2 Å². The van der Waals surface area contributed by atoms with E-state index in [9.17, 15) is 4.79 Å². The maximum absolute atomic E-state index is 12.6. The van der Waals surface area contributed by atoms with E-state index in [1.807, 2.05) is 37.5 Å². The first kappa shape index (κ1) is 29.5. The van der Waals surface area contributed by atoms with Crippen LogP contribution in [0.15, 0.2) is 65.9 Å². The molecule has 2 aromatic carbocycles. The Hall–Kier alpha value is -5.23. The van der Waals surface area contributed by atoms with Gasteiger partial charge in [-0.25, -0.2) is 9.97 Å². The highest BCUT2D eigenvalue weighted by Crippen LogP contribution is 2.51. The molecule has 2 N–H and O–H groups in total. The van der Waals surface area contributed by atoms with E-state index >= 15 is 0 Å². The number of ether oxygens (including phenoxy) is 1. The number of nitrogens with zero attached hydrogens (tertiary/aromatic N) is 7. The maximum atomic E-state index is 12.6. The van der Waals surface area contributed by atoms with Crippen LogP contribution in [0.25, 0.3) is 33.6 Å². The molecule has 4 heterocycles. The average molecular weight is 620 g/mol. The summed E-state index contributed by atoms with van der Waals surface area (Å²) >= 11 is 0. The molecular formula is C34H37N9O3. The summed E-state index contributed by atoms with van der Waals surface area (Å²) in [5.74, 6) is 1.39. The van der Waals surface area contributed by atoms with E-state index in [0.717, 1.165) is 48.1 Å². The molecule has 1 saturated heterocycles. The van der Waals surface area contributed by atoms with Crippen molar-refractivity contribution in [3.05, 3.63) is 67.3 Å². The van der Waals surface area contributed by atoms with Crippen molar-refractivity contribution in [2.75, 3.05) is 49.8 Å². The summed E-state index contributed by atoms with van der Waals surface area (Å²) in [6.45, 7) is 7.66. The first-order valence-corrected chi connectivity index (χ1v) is 15.2. The lowest BCUT2D eigenvalue weighted by Gasteiger charge is -2.60. The lowest BCUT2D eigenvalue weighted by Crippen LogP contribution is -2.65. The fourth-order valence-electron chi connectivity index (χ4n) is 7.04. The number of aryl methyl sites for hydroxylation is 2. The maximum Gasteiger partial charge on any atom is 0.251 e. The molecule has 1 spiro atoms. The van der Waals surface area contributed by atoms with Gasteiger partial charge in [0.25, 0.3) is 5.89 Å². The van der Waals surface area contributed by atoms with Crippen molar-refractivity contribution in [1.29, 1.82) is 0 Å². The van der Waals surface area contributed by atoms with Gasteiger partial charge in [-0.2, -0.15) is 0 Å². The summed E-state index contributed by atoms with van der Waals surface area (Å²) in [4.78, 5) is 26.8. The Morgan fingerprint density at radius 1 is 1.15 bits per heavy atom. The van der Waals surface area contributed by atoms with E-state index in [2.05, 4.69) is 73.0 Å². The normalized spacial score (nSPS) is 15.8. The summed E-state index contributed by atoms with van der Waals surface area (Å²) in [6.07, 6.45) is 7.20. The zero-order valence-electron chi connectivity index (χ0n) is 26.7.